The fourth-order valence-electron chi connectivity index (χ4n) is 1.65. The fraction of sp³-hybridized carbons (Fsp3) is 1.00. The zero-order valence-corrected chi connectivity index (χ0v) is 11.6. The number of thioether (sulfide) groups is 1. The molecule has 0 bridgehead atoms. The average molecular weight is 249 g/mol. The molecule has 15 heavy (non-hydrogen) atoms. The molecular formula is C11H23NOS2. The molecule has 0 aromatic heterocycles. The van der Waals surface area contributed by atoms with Gasteiger partial charge >= 0.3 is 0 Å². The van der Waals surface area contributed by atoms with Gasteiger partial charge in [0.2, 0.25) is 0 Å². The van der Waals surface area contributed by atoms with Crippen LogP contribution in [0.15, 0.2) is 0 Å². The molecule has 1 rings (SSSR count). The number of ether oxygens (including phenoxy) is 1. The van der Waals surface area contributed by atoms with Gasteiger partial charge in [-0.15, -0.1) is 0 Å². The molecule has 4 heteroatoms. The van der Waals surface area contributed by atoms with E-state index in [2.05, 4.69) is 43.1 Å². The highest BCUT2D eigenvalue weighted by Crippen LogP contribution is 2.30. The van der Waals surface area contributed by atoms with Crippen LogP contribution in [-0.2, 0) is 4.74 Å². The number of hydrogen-bond donors (Lipinski definition) is 1. The van der Waals surface area contributed by atoms with Crippen LogP contribution in [0.4, 0.5) is 0 Å². The molecule has 1 fully saturated rings. The van der Waals surface area contributed by atoms with E-state index in [4.69, 9.17) is 4.74 Å². The first-order valence-electron chi connectivity index (χ1n) is 5.69. The van der Waals surface area contributed by atoms with Gasteiger partial charge in [0.05, 0.1) is 13.2 Å². The first-order chi connectivity index (χ1) is 7.14. The van der Waals surface area contributed by atoms with Crippen LogP contribution in [0, 0.1) is 0 Å². The molecule has 1 aliphatic rings. The van der Waals surface area contributed by atoms with Crippen LogP contribution >= 0.6 is 24.4 Å². The quantitative estimate of drug-likeness (QED) is 0.592. The smallest absolute Gasteiger partial charge is 0.0593 e. The molecule has 0 N–H and O–H groups in total. The Hall–Kier alpha value is 0.620. The van der Waals surface area contributed by atoms with Gasteiger partial charge in [0.15, 0.2) is 0 Å². The topological polar surface area (TPSA) is 12.5 Å². The molecule has 0 spiro atoms. The lowest BCUT2D eigenvalue weighted by molar-refractivity contribution is 0.117. The van der Waals surface area contributed by atoms with Crippen molar-refractivity contribution in [3.63, 3.8) is 0 Å². The lowest BCUT2D eigenvalue weighted by Crippen LogP contribution is -2.30. The number of thiol groups is 1. The van der Waals surface area contributed by atoms with Crippen molar-refractivity contribution >= 4 is 24.4 Å². The highest BCUT2D eigenvalue weighted by atomic mass is 32.2. The molecule has 2 nitrogen and oxygen atoms in total. The van der Waals surface area contributed by atoms with Crippen molar-refractivity contribution in [3.05, 3.63) is 0 Å². The van der Waals surface area contributed by atoms with Crippen LogP contribution in [0.2, 0.25) is 0 Å². The molecule has 0 aliphatic carbocycles. The minimum Gasteiger partial charge on any atom is -0.379 e. The molecule has 0 saturated carbocycles. The molecule has 90 valence electrons. The summed E-state index contributed by atoms with van der Waals surface area (Å²) in [7, 11) is 0. The van der Waals surface area contributed by atoms with Gasteiger partial charge in [0.25, 0.3) is 0 Å². The molecule has 0 unspecified atom stereocenters. The third-order valence-electron chi connectivity index (χ3n) is 2.72. The highest BCUT2D eigenvalue weighted by Gasteiger charge is 2.23. The monoisotopic (exact) mass is 249 g/mol. The summed E-state index contributed by atoms with van der Waals surface area (Å²) >= 11 is 6.21. The van der Waals surface area contributed by atoms with E-state index < -0.39 is 0 Å². The Balaban J connectivity index is 2.14. The van der Waals surface area contributed by atoms with Crippen LogP contribution < -0.4 is 0 Å². The molecule has 0 amide bonds. The van der Waals surface area contributed by atoms with Gasteiger partial charge in [-0.05, 0) is 13.0 Å². The molecule has 1 saturated heterocycles. The van der Waals surface area contributed by atoms with E-state index in [0.29, 0.717) is 4.75 Å². The van der Waals surface area contributed by atoms with Gasteiger partial charge in [0.1, 0.15) is 0 Å². The van der Waals surface area contributed by atoms with E-state index in [1.54, 1.807) is 0 Å². The van der Waals surface area contributed by atoms with E-state index in [0.717, 1.165) is 25.5 Å². The summed E-state index contributed by atoms with van der Waals surface area (Å²) in [5, 5.41) is 0. The third-order valence-corrected chi connectivity index (χ3v) is 4.27. The fourth-order valence-corrected chi connectivity index (χ4v) is 2.91. The van der Waals surface area contributed by atoms with Crippen LogP contribution in [-0.4, -0.2) is 54.0 Å². The maximum absolute atomic E-state index is 5.45. The summed E-state index contributed by atoms with van der Waals surface area (Å²) in [4.78, 5) is 2.51. The second-order valence-electron chi connectivity index (χ2n) is 4.54. The highest BCUT2D eigenvalue weighted by molar-refractivity contribution is 8.00. The largest absolute Gasteiger partial charge is 0.379 e. The summed E-state index contributed by atoms with van der Waals surface area (Å²) in [5.74, 6) is 2.07. The molecule has 1 aliphatic heterocycles. The Morgan fingerprint density at radius 3 is 2.87 bits per heavy atom. The van der Waals surface area contributed by atoms with E-state index in [1.165, 1.54) is 25.3 Å². The van der Waals surface area contributed by atoms with E-state index in [9.17, 15) is 0 Å². The predicted molar refractivity (Wildman–Crippen MR) is 72.3 cm³/mol. The Labute approximate surface area is 104 Å². The second kappa shape index (κ2) is 7.05. The standard InChI is InChI=1S/C11H23NOS2/c1-11(2)3-4-12(6-10-15-11)5-7-13-8-9-14/h14H,3-10H2,1-2H3. The van der Waals surface area contributed by atoms with Gasteiger partial charge in [-0.25, -0.2) is 0 Å². The molecule has 0 radical (unpaired) electrons. The minimum absolute atomic E-state index is 0.459. The Morgan fingerprint density at radius 2 is 2.13 bits per heavy atom. The first kappa shape index (κ1) is 13.7. The zero-order valence-electron chi connectivity index (χ0n) is 9.87. The summed E-state index contributed by atoms with van der Waals surface area (Å²) < 4.78 is 5.91. The summed E-state index contributed by atoms with van der Waals surface area (Å²) in [6, 6.07) is 0. The van der Waals surface area contributed by atoms with E-state index in [-0.39, 0.29) is 0 Å². The van der Waals surface area contributed by atoms with Crippen LogP contribution in [0.1, 0.15) is 20.3 Å². The van der Waals surface area contributed by atoms with Gasteiger partial charge < -0.3 is 9.64 Å². The number of rotatable bonds is 5. The zero-order chi connectivity index (χ0) is 11.1. The van der Waals surface area contributed by atoms with Gasteiger partial charge in [-0.3, -0.25) is 0 Å². The predicted octanol–water partition coefficient (Wildman–Crippen LogP) is 2.15. The van der Waals surface area contributed by atoms with Crippen LogP contribution in [0.25, 0.3) is 0 Å². The summed E-state index contributed by atoms with van der Waals surface area (Å²) in [5.41, 5.74) is 0. The molecule has 0 aromatic rings. The van der Waals surface area contributed by atoms with Crippen molar-refractivity contribution in [2.75, 3.05) is 44.4 Å². The lowest BCUT2D eigenvalue weighted by atomic mass is 10.1. The lowest BCUT2D eigenvalue weighted by Gasteiger charge is -2.22. The minimum atomic E-state index is 0.459. The maximum Gasteiger partial charge on any atom is 0.0593 e. The molecule has 0 aromatic carbocycles. The van der Waals surface area contributed by atoms with Crippen molar-refractivity contribution in [1.29, 1.82) is 0 Å². The maximum atomic E-state index is 5.45. The SMILES string of the molecule is CC1(C)CCN(CCOCCS)CCS1. The first-order valence-corrected chi connectivity index (χ1v) is 7.31. The van der Waals surface area contributed by atoms with Gasteiger partial charge in [-0.1, -0.05) is 13.8 Å². The van der Waals surface area contributed by atoms with Crippen molar-refractivity contribution in [2.24, 2.45) is 0 Å². The average Bonchev–Trinajstić information content (AvgIpc) is 2.35. The van der Waals surface area contributed by atoms with E-state index in [1.807, 2.05) is 0 Å². The van der Waals surface area contributed by atoms with Crippen LogP contribution in [0.3, 0.4) is 0 Å². The molecule has 0 atom stereocenters. The molecule has 1 heterocycles. The van der Waals surface area contributed by atoms with Crippen LogP contribution in [0.5, 0.6) is 0 Å². The Bertz CT molecular complexity index is 176. The number of nitrogens with zero attached hydrogens (tertiary/aromatic N) is 1. The van der Waals surface area contributed by atoms with Crippen molar-refractivity contribution < 1.29 is 4.74 Å². The summed E-state index contributed by atoms with van der Waals surface area (Å²) in [6.45, 7) is 9.81. The normalized spacial score (nSPS) is 22.6. The van der Waals surface area contributed by atoms with Crippen molar-refractivity contribution in [3.8, 4) is 0 Å². The van der Waals surface area contributed by atoms with Gasteiger partial charge in [0, 0.05) is 29.3 Å². The second-order valence-corrected chi connectivity index (χ2v) is 6.79. The Kier molecular flexibility index (Phi) is 6.43. The van der Waals surface area contributed by atoms with Crippen molar-refractivity contribution in [1.82, 2.24) is 4.90 Å². The molecular weight excluding hydrogens is 226 g/mol. The number of hydrogen-bond acceptors (Lipinski definition) is 4. The van der Waals surface area contributed by atoms with E-state index >= 15 is 0 Å². The van der Waals surface area contributed by atoms with Crippen molar-refractivity contribution in [2.45, 2.75) is 25.0 Å². The Morgan fingerprint density at radius 1 is 1.33 bits per heavy atom. The summed E-state index contributed by atoms with van der Waals surface area (Å²) in [6.07, 6.45) is 1.28. The van der Waals surface area contributed by atoms with Gasteiger partial charge in [-0.2, -0.15) is 24.4 Å². The third kappa shape index (κ3) is 6.05.